The topological polar surface area (TPSA) is 132 Å². The van der Waals surface area contributed by atoms with Crippen LogP contribution in [0.25, 0.3) is 0 Å². The van der Waals surface area contributed by atoms with Crippen molar-refractivity contribution in [3.8, 4) is 0 Å². The standard InChI is InChI=1S/C35H66O7/c36-32(37)29-25-21-17-13-9-5-1-3-7-11-15-19-23-27-31(34(40)35(41)42)28-24-20-16-12-8-4-2-6-10-14-18-22-26-30-33(38)39/h31,34,40H,1-30H2,(H,36,37)(H,38,39)(H,41,42). The van der Waals surface area contributed by atoms with Gasteiger partial charge in [0.15, 0.2) is 6.10 Å². The van der Waals surface area contributed by atoms with Gasteiger partial charge in [-0.1, -0.05) is 154 Å². The number of aliphatic carboxylic acids is 3. The molecule has 0 radical (unpaired) electrons. The van der Waals surface area contributed by atoms with E-state index in [2.05, 4.69) is 0 Å². The van der Waals surface area contributed by atoms with Gasteiger partial charge in [-0.25, -0.2) is 4.79 Å². The Bertz CT molecular complexity index is 593. The summed E-state index contributed by atoms with van der Waals surface area (Å²) >= 11 is 0. The number of rotatable bonds is 34. The highest BCUT2D eigenvalue weighted by molar-refractivity contribution is 5.72. The summed E-state index contributed by atoms with van der Waals surface area (Å²) in [6, 6.07) is 0. The Balaban J connectivity index is 3.62. The highest BCUT2D eigenvalue weighted by Gasteiger charge is 2.24. The molecule has 0 fully saturated rings. The molecule has 0 heterocycles. The van der Waals surface area contributed by atoms with Gasteiger partial charge in [-0.3, -0.25) is 9.59 Å². The SMILES string of the molecule is O=C(O)CCCCCCCCCCCCCCCC(CCCCCCCCCCCCCCCC(=O)O)C(O)C(=O)O. The molecule has 0 aliphatic heterocycles. The molecule has 7 heteroatoms. The first-order chi connectivity index (χ1) is 20.3. The van der Waals surface area contributed by atoms with Crippen LogP contribution in [0.2, 0.25) is 0 Å². The summed E-state index contributed by atoms with van der Waals surface area (Å²) in [5.41, 5.74) is 0. The first kappa shape index (κ1) is 40.4. The fourth-order valence-corrected chi connectivity index (χ4v) is 5.92. The fraction of sp³-hybridized carbons (Fsp3) is 0.914. The second-order valence-electron chi connectivity index (χ2n) is 12.6. The zero-order valence-electron chi connectivity index (χ0n) is 26.9. The summed E-state index contributed by atoms with van der Waals surface area (Å²) in [6.07, 6.45) is 31.1. The van der Waals surface area contributed by atoms with E-state index in [-0.39, 0.29) is 5.92 Å². The molecule has 0 spiro atoms. The van der Waals surface area contributed by atoms with Gasteiger partial charge in [0, 0.05) is 12.8 Å². The lowest BCUT2D eigenvalue weighted by atomic mass is 9.89. The third-order valence-electron chi connectivity index (χ3n) is 8.63. The number of hydrogen-bond acceptors (Lipinski definition) is 4. The molecule has 42 heavy (non-hydrogen) atoms. The van der Waals surface area contributed by atoms with Gasteiger partial charge >= 0.3 is 17.9 Å². The van der Waals surface area contributed by atoms with Gasteiger partial charge < -0.3 is 20.4 Å². The molecule has 1 unspecified atom stereocenters. The second kappa shape index (κ2) is 30.8. The van der Waals surface area contributed by atoms with Gasteiger partial charge in [0.05, 0.1) is 0 Å². The van der Waals surface area contributed by atoms with Crippen LogP contribution in [0.15, 0.2) is 0 Å². The van der Waals surface area contributed by atoms with Gasteiger partial charge in [0.25, 0.3) is 0 Å². The number of aliphatic hydroxyl groups excluding tert-OH is 1. The number of carboxylic acid groups (broad SMARTS) is 3. The predicted molar refractivity (Wildman–Crippen MR) is 171 cm³/mol. The van der Waals surface area contributed by atoms with E-state index in [0.717, 1.165) is 77.0 Å². The third kappa shape index (κ3) is 29.8. The summed E-state index contributed by atoms with van der Waals surface area (Å²) in [7, 11) is 0. The average molecular weight is 599 g/mol. The smallest absolute Gasteiger partial charge is 0.332 e. The van der Waals surface area contributed by atoms with Gasteiger partial charge in [0.2, 0.25) is 0 Å². The third-order valence-corrected chi connectivity index (χ3v) is 8.63. The lowest BCUT2D eigenvalue weighted by Crippen LogP contribution is -2.29. The summed E-state index contributed by atoms with van der Waals surface area (Å²) in [5.74, 6) is -2.59. The number of carboxylic acids is 3. The van der Waals surface area contributed by atoms with Gasteiger partial charge in [0.1, 0.15) is 0 Å². The van der Waals surface area contributed by atoms with Crippen molar-refractivity contribution in [2.24, 2.45) is 5.92 Å². The molecule has 0 aromatic rings. The van der Waals surface area contributed by atoms with E-state index in [9.17, 15) is 24.6 Å². The quantitative estimate of drug-likeness (QED) is 0.0542. The second-order valence-corrected chi connectivity index (χ2v) is 12.6. The first-order valence-corrected chi connectivity index (χ1v) is 17.7. The Kier molecular flexibility index (Phi) is 29.6. The molecule has 248 valence electrons. The van der Waals surface area contributed by atoms with E-state index in [0.29, 0.717) is 12.8 Å². The first-order valence-electron chi connectivity index (χ1n) is 17.7. The molecule has 0 aliphatic rings. The molecule has 0 saturated carbocycles. The van der Waals surface area contributed by atoms with Crippen LogP contribution < -0.4 is 0 Å². The van der Waals surface area contributed by atoms with Crippen LogP contribution >= 0.6 is 0 Å². The molecule has 0 aromatic heterocycles. The van der Waals surface area contributed by atoms with Crippen LogP contribution in [0.4, 0.5) is 0 Å². The monoisotopic (exact) mass is 598 g/mol. The Labute approximate surface area is 257 Å². The van der Waals surface area contributed by atoms with Gasteiger partial charge in [-0.15, -0.1) is 0 Å². The maximum atomic E-state index is 11.4. The van der Waals surface area contributed by atoms with Crippen molar-refractivity contribution in [1.29, 1.82) is 0 Å². The summed E-state index contributed by atoms with van der Waals surface area (Å²) < 4.78 is 0. The van der Waals surface area contributed by atoms with Crippen LogP contribution in [0.1, 0.15) is 193 Å². The van der Waals surface area contributed by atoms with Crippen molar-refractivity contribution < 1.29 is 34.8 Å². The van der Waals surface area contributed by atoms with E-state index >= 15 is 0 Å². The Morgan fingerprint density at radius 1 is 0.357 bits per heavy atom. The lowest BCUT2D eigenvalue weighted by molar-refractivity contribution is -0.150. The molecule has 1 atom stereocenters. The molecule has 0 aliphatic carbocycles. The minimum atomic E-state index is -1.24. The molecule has 0 rings (SSSR count). The van der Waals surface area contributed by atoms with Crippen LogP contribution in [0.5, 0.6) is 0 Å². The molecule has 0 bridgehead atoms. The number of hydrogen-bond donors (Lipinski definition) is 4. The number of aliphatic hydroxyl groups is 1. The van der Waals surface area contributed by atoms with Crippen molar-refractivity contribution in [2.75, 3.05) is 0 Å². The predicted octanol–water partition coefficient (Wildman–Crippen LogP) is 9.92. The van der Waals surface area contributed by atoms with Crippen molar-refractivity contribution in [3.05, 3.63) is 0 Å². The molecular formula is C35H66O7. The highest BCUT2D eigenvalue weighted by Crippen LogP contribution is 2.23. The zero-order chi connectivity index (χ0) is 31.1. The molecule has 0 amide bonds. The summed E-state index contributed by atoms with van der Waals surface area (Å²) in [5, 5.41) is 36.8. The number of carbonyl (C=O) groups is 3. The fourth-order valence-electron chi connectivity index (χ4n) is 5.92. The molecule has 0 aromatic carbocycles. The normalized spacial score (nSPS) is 12.1. The van der Waals surface area contributed by atoms with Crippen LogP contribution in [0.3, 0.4) is 0 Å². The van der Waals surface area contributed by atoms with Gasteiger partial charge in [-0.2, -0.15) is 0 Å². The van der Waals surface area contributed by atoms with Gasteiger partial charge in [-0.05, 0) is 31.6 Å². The Morgan fingerprint density at radius 2 is 0.571 bits per heavy atom. The van der Waals surface area contributed by atoms with Crippen LogP contribution in [-0.2, 0) is 14.4 Å². The van der Waals surface area contributed by atoms with E-state index in [1.165, 1.54) is 103 Å². The minimum absolute atomic E-state index is 0.129. The largest absolute Gasteiger partial charge is 0.481 e. The molecule has 0 saturated heterocycles. The minimum Gasteiger partial charge on any atom is -0.481 e. The van der Waals surface area contributed by atoms with Crippen LogP contribution in [-0.4, -0.2) is 44.4 Å². The van der Waals surface area contributed by atoms with E-state index in [4.69, 9.17) is 10.2 Å². The van der Waals surface area contributed by atoms with E-state index < -0.39 is 24.0 Å². The maximum Gasteiger partial charge on any atom is 0.332 e. The van der Waals surface area contributed by atoms with Crippen molar-refractivity contribution in [1.82, 2.24) is 0 Å². The lowest BCUT2D eigenvalue weighted by Gasteiger charge is -2.20. The van der Waals surface area contributed by atoms with E-state index in [1.54, 1.807) is 0 Å². The average Bonchev–Trinajstić information content (AvgIpc) is 2.95. The summed E-state index contributed by atoms with van der Waals surface area (Å²) in [4.78, 5) is 32.4. The molecule has 7 nitrogen and oxygen atoms in total. The van der Waals surface area contributed by atoms with Crippen molar-refractivity contribution >= 4 is 17.9 Å². The van der Waals surface area contributed by atoms with E-state index in [1.807, 2.05) is 0 Å². The zero-order valence-corrected chi connectivity index (χ0v) is 26.9. The summed E-state index contributed by atoms with van der Waals surface area (Å²) in [6.45, 7) is 0. The van der Waals surface area contributed by atoms with Crippen molar-refractivity contribution in [2.45, 2.75) is 199 Å². The van der Waals surface area contributed by atoms with Crippen LogP contribution in [0, 0.1) is 5.92 Å². The number of unbranched alkanes of at least 4 members (excludes halogenated alkanes) is 24. The highest BCUT2D eigenvalue weighted by atomic mass is 16.4. The molecular weight excluding hydrogens is 532 g/mol. The maximum absolute atomic E-state index is 11.4. The molecule has 4 N–H and O–H groups in total. The Morgan fingerprint density at radius 3 is 0.786 bits per heavy atom. The Hall–Kier alpha value is -1.63. The van der Waals surface area contributed by atoms with Crippen molar-refractivity contribution in [3.63, 3.8) is 0 Å².